The molecule has 3 fully saturated rings. The molecule has 5 aromatic heterocycles. The van der Waals surface area contributed by atoms with Crippen molar-refractivity contribution in [2.75, 3.05) is 120 Å². The van der Waals surface area contributed by atoms with E-state index in [1.54, 1.807) is 65.2 Å². The van der Waals surface area contributed by atoms with Crippen LogP contribution in [0.25, 0.3) is 32.7 Å². The second-order valence-electron chi connectivity index (χ2n) is 23.3. The summed E-state index contributed by atoms with van der Waals surface area (Å²) in [6.45, 7) is 8.45. The molecule has 480 valence electrons. The molecule has 20 nitrogen and oxygen atoms in total. The van der Waals surface area contributed by atoms with Crippen LogP contribution in [0.4, 0.5) is 17.1 Å². The number of hydrogen-bond acceptors (Lipinski definition) is 16. The highest BCUT2D eigenvalue weighted by Crippen LogP contribution is 2.37. The first kappa shape index (κ1) is 65.6. The normalized spacial score (nSPS) is 13.9. The Bertz CT molecular complexity index is 4680. The fourth-order valence-electron chi connectivity index (χ4n) is 12.3. The Morgan fingerprint density at radius 2 is 1.07 bits per heavy atom. The van der Waals surface area contributed by atoms with E-state index < -0.39 is 0 Å². The zero-order valence-corrected chi connectivity index (χ0v) is 54.5. The fourth-order valence-corrected chi connectivity index (χ4v) is 13.1. The van der Waals surface area contributed by atoms with Crippen molar-refractivity contribution in [2.24, 2.45) is 7.05 Å². The van der Waals surface area contributed by atoms with Gasteiger partial charge in [-0.05, 0) is 92.1 Å². The molecule has 0 bridgehead atoms. The van der Waals surface area contributed by atoms with E-state index in [2.05, 4.69) is 42.9 Å². The van der Waals surface area contributed by atoms with Crippen LogP contribution in [0, 0.1) is 34.0 Å². The van der Waals surface area contributed by atoms with Gasteiger partial charge in [-0.1, -0.05) is 109 Å². The molecule has 0 atom stereocenters. The first-order chi connectivity index (χ1) is 46.3. The third-order valence-corrected chi connectivity index (χ3v) is 18.2. The summed E-state index contributed by atoms with van der Waals surface area (Å²) < 4.78 is 9.18. The number of halogens is 1. The number of piperazine rings is 3. The monoisotopic (exact) mass is 1300 g/mol. The SMILES string of the molecule is CN(C)CCCOc1nc2ccccc2c(N2CCN(C(=O)c3ccc(Cl)cc3)CC2)c1C#N.Cn1c(=O)c(C#N)c(N2CCN(C(=O)c3ccccn3)CC2)c2ccccc21.N#Cc1c(N2CCN(C(=O)c3cccs3)CC2)c2ccccc2n(Cc2ccccc2)c1=O. The summed E-state index contributed by atoms with van der Waals surface area (Å²) in [6, 6.07) is 55.5. The molecule has 10 aromatic rings. The average molecular weight is 1310 g/mol. The molecule has 0 spiro atoms. The summed E-state index contributed by atoms with van der Waals surface area (Å²) in [5.41, 5.74) is 6.74. The van der Waals surface area contributed by atoms with Gasteiger partial charge in [0.1, 0.15) is 40.6 Å². The van der Waals surface area contributed by atoms with Gasteiger partial charge < -0.3 is 48.2 Å². The number of thiophene rings is 1. The summed E-state index contributed by atoms with van der Waals surface area (Å²) >= 11 is 7.40. The van der Waals surface area contributed by atoms with Crippen LogP contribution in [0.15, 0.2) is 179 Å². The Kier molecular flexibility index (Phi) is 20.9. The minimum Gasteiger partial charge on any atom is -0.477 e. The van der Waals surface area contributed by atoms with E-state index in [-0.39, 0.29) is 40.0 Å². The highest BCUT2D eigenvalue weighted by atomic mass is 35.5. The van der Waals surface area contributed by atoms with Crippen LogP contribution in [0.5, 0.6) is 5.88 Å². The number of carbonyl (C=O) groups excluding carboxylic acids is 3. The van der Waals surface area contributed by atoms with Crippen molar-refractivity contribution in [3.63, 3.8) is 0 Å². The van der Waals surface area contributed by atoms with Gasteiger partial charge in [0.25, 0.3) is 28.8 Å². The summed E-state index contributed by atoms with van der Waals surface area (Å²) in [4.78, 5) is 87.7. The molecule has 0 saturated carbocycles. The topological polar surface area (TPSA) is 224 Å². The molecule has 0 aliphatic carbocycles. The number of aryl methyl sites for hydroxylation is 1. The molecule has 3 saturated heterocycles. The Balaban J connectivity index is 0.000000146. The minimum absolute atomic E-state index is 0.0127. The Labute approximate surface area is 559 Å². The van der Waals surface area contributed by atoms with Crippen LogP contribution in [0.2, 0.25) is 5.02 Å². The van der Waals surface area contributed by atoms with Crippen LogP contribution >= 0.6 is 22.9 Å². The van der Waals surface area contributed by atoms with Crippen molar-refractivity contribution < 1.29 is 19.1 Å². The Morgan fingerprint density at radius 1 is 0.558 bits per heavy atom. The number of fused-ring (bicyclic) bond motifs is 3. The minimum atomic E-state index is -0.303. The van der Waals surface area contributed by atoms with Crippen LogP contribution in [-0.2, 0) is 13.6 Å². The first-order valence-corrected chi connectivity index (χ1v) is 32.6. The molecule has 0 radical (unpaired) electrons. The number of benzene rings is 5. The zero-order valence-electron chi connectivity index (χ0n) is 53.0. The first-order valence-electron chi connectivity index (χ1n) is 31.3. The predicted molar refractivity (Wildman–Crippen MR) is 372 cm³/mol. The summed E-state index contributed by atoms with van der Waals surface area (Å²) in [7, 11) is 5.72. The van der Waals surface area contributed by atoms with Gasteiger partial charge in [0.15, 0.2) is 0 Å². The molecule has 3 aliphatic rings. The number of carbonyl (C=O) groups is 3. The lowest BCUT2D eigenvalue weighted by atomic mass is 10.1. The summed E-state index contributed by atoms with van der Waals surface area (Å²) in [5, 5.41) is 34.9. The van der Waals surface area contributed by atoms with Gasteiger partial charge in [-0.3, -0.25) is 29.0 Å². The molecular weight excluding hydrogens is 1240 g/mol. The lowest BCUT2D eigenvalue weighted by Crippen LogP contribution is -2.49. The standard InChI is InChI=1S/C26H28ClN5O2.C26H22N4O2S.C21H19N5O2/c1-30(2)12-5-17-34-25-22(18-28)24(21-6-3-4-7-23(21)29-25)31-13-15-32(16-14-31)26(33)19-8-10-20(27)11-9-19;27-17-21-24(28-12-14-29(15-13-28)26(32)23-11-6-16-33-23)20-9-4-5-10-22(20)30(25(21)31)18-19-7-2-1-3-8-19;1-24-18-8-3-2-6-15(18)19(16(14-22)20(24)27)25-10-12-26(13-11-25)21(28)17-7-4-5-9-23-17/h3-4,6-11H,5,12-17H2,1-2H3;1-11,16H,12-15,18H2;2-9H,10-13H2,1H3. The van der Waals surface area contributed by atoms with Crippen molar-refractivity contribution in [3.05, 3.63) is 233 Å². The van der Waals surface area contributed by atoms with Gasteiger partial charge in [0, 0.05) is 125 Å². The smallest absolute Gasteiger partial charge is 0.272 e. The van der Waals surface area contributed by atoms with Gasteiger partial charge in [0.05, 0.1) is 51.6 Å². The molecule has 0 unspecified atom stereocenters. The van der Waals surface area contributed by atoms with E-state index in [9.17, 15) is 39.8 Å². The Morgan fingerprint density at radius 3 is 1.64 bits per heavy atom. The van der Waals surface area contributed by atoms with Crippen molar-refractivity contribution in [1.29, 1.82) is 15.8 Å². The van der Waals surface area contributed by atoms with Gasteiger partial charge in [-0.2, -0.15) is 15.8 Å². The molecule has 22 heteroatoms. The molecule has 8 heterocycles. The van der Waals surface area contributed by atoms with Crippen molar-refractivity contribution in [3.8, 4) is 24.1 Å². The maximum absolute atomic E-state index is 13.5. The maximum atomic E-state index is 13.5. The number of amides is 3. The predicted octanol–water partition coefficient (Wildman–Crippen LogP) is 9.77. The van der Waals surface area contributed by atoms with Gasteiger partial charge >= 0.3 is 0 Å². The van der Waals surface area contributed by atoms with Gasteiger partial charge in [-0.15, -0.1) is 11.3 Å². The number of hydrogen-bond donors (Lipinski definition) is 0. The average Bonchev–Trinajstić information content (AvgIpc) is 0.872. The number of aromatic nitrogens is 4. The lowest BCUT2D eigenvalue weighted by molar-refractivity contribution is 0.0735. The van der Waals surface area contributed by atoms with Gasteiger partial charge in [0.2, 0.25) is 5.88 Å². The third kappa shape index (κ3) is 14.5. The number of nitrogens with zero attached hydrogens (tertiary/aromatic N) is 14. The van der Waals surface area contributed by atoms with E-state index in [1.807, 2.05) is 149 Å². The van der Waals surface area contributed by atoms with Crippen LogP contribution in [0.1, 0.15) is 59.2 Å². The van der Waals surface area contributed by atoms with E-state index >= 15 is 0 Å². The van der Waals surface area contributed by atoms with E-state index in [0.717, 1.165) is 61.8 Å². The fraction of sp³-hybridized carbons (Fsp3) is 0.260. The molecular formula is C73H69ClN14O6S. The second kappa shape index (κ2) is 30.2. The van der Waals surface area contributed by atoms with Crippen LogP contribution < -0.4 is 30.6 Å². The zero-order chi connectivity index (χ0) is 66.5. The third-order valence-electron chi connectivity index (χ3n) is 17.1. The van der Waals surface area contributed by atoms with Crippen LogP contribution in [0.3, 0.4) is 0 Å². The van der Waals surface area contributed by atoms with Crippen molar-refractivity contribution in [1.82, 2.24) is 38.7 Å². The number of ether oxygens (including phenoxy) is 1. The van der Waals surface area contributed by atoms with Crippen molar-refractivity contribution >= 4 is 90.4 Å². The highest BCUT2D eigenvalue weighted by Gasteiger charge is 2.31. The number of pyridine rings is 4. The highest BCUT2D eigenvalue weighted by molar-refractivity contribution is 7.12. The molecule has 3 aliphatic heterocycles. The second-order valence-corrected chi connectivity index (χ2v) is 24.6. The number of nitriles is 3. The molecule has 5 aromatic carbocycles. The molecule has 3 amide bonds. The lowest BCUT2D eigenvalue weighted by Gasteiger charge is -2.37. The van der Waals surface area contributed by atoms with Gasteiger partial charge in [-0.25, -0.2) is 4.98 Å². The number of para-hydroxylation sites is 3. The molecule has 95 heavy (non-hydrogen) atoms. The molecule has 0 N–H and O–H groups in total. The largest absolute Gasteiger partial charge is 0.477 e. The maximum Gasteiger partial charge on any atom is 0.272 e. The van der Waals surface area contributed by atoms with E-state index in [4.69, 9.17) is 16.3 Å². The molecule has 13 rings (SSSR count). The van der Waals surface area contributed by atoms with Crippen LogP contribution in [-0.4, -0.2) is 162 Å². The number of rotatable bonds is 13. The van der Waals surface area contributed by atoms with E-state index in [0.29, 0.717) is 131 Å². The quantitative estimate of drug-likeness (QED) is 0.0980. The number of anilines is 3. The van der Waals surface area contributed by atoms with E-state index in [1.165, 1.54) is 15.9 Å². The van der Waals surface area contributed by atoms with Crippen molar-refractivity contribution in [2.45, 2.75) is 13.0 Å². The summed E-state index contributed by atoms with van der Waals surface area (Å²) in [6.07, 6.45) is 2.45. The summed E-state index contributed by atoms with van der Waals surface area (Å²) in [5.74, 6) is 0.291. The Hall–Kier alpha value is -10.9.